The first-order valence-corrected chi connectivity index (χ1v) is 22.0. The zero-order chi connectivity index (χ0) is 43.3. The fraction of sp³-hybridized carbons (Fsp3) is 0.511. The van der Waals surface area contributed by atoms with Crippen LogP contribution in [-0.2, 0) is 28.5 Å². The number of carbonyl (C=O) groups is 4. The van der Waals surface area contributed by atoms with E-state index < -0.39 is 24.3 Å². The van der Waals surface area contributed by atoms with Gasteiger partial charge in [-0.25, -0.2) is 19.6 Å². The minimum absolute atomic E-state index is 0.0360. The Morgan fingerprint density at radius 3 is 1.82 bits per heavy atom. The van der Waals surface area contributed by atoms with Crippen LogP contribution < -0.4 is 10.6 Å². The van der Waals surface area contributed by atoms with Crippen molar-refractivity contribution < 1.29 is 38.1 Å². The van der Waals surface area contributed by atoms with Gasteiger partial charge in [-0.15, -0.1) is 0 Å². The van der Waals surface area contributed by atoms with E-state index in [9.17, 15) is 19.2 Å². The van der Waals surface area contributed by atoms with Gasteiger partial charge in [-0.2, -0.15) is 0 Å². The number of imidazole rings is 2. The number of nitrogens with one attached hydrogen (secondary N) is 4. The predicted octanol–water partition coefficient (Wildman–Crippen LogP) is 6.66. The Kier molecular flexibility index (Phi) is 13.4. The Labute approximate surface area is 365 Å². The SMILES string of the molecule is COC(=O)N[C@H](C(=O)N1CCC[C@H]1c1ncc(-c2ccc(-c3ccc(-c4[nH]c([C@@H]5C[C@H](C)CN5C(=O)[C@@H](NC(=O)OC)C5CCOCC5)nc4Cl)cc3)cc2)[nH]1)C1CCOCC1. The Morgan fingerprint density at radius 1 is 0.726 bits per heavy atom. The second-order valence-electron chi connectivity index (χ2n) is 16.8. The zero-order valence-electron chi connectivity index (χ0n) is 35.4. The van der Waals surface area contributed by atoms with Crippen molar-refractivity contribution in [1.29, 1.82) is 0 Å². The molecule has 4 amide bonds. The standard InChI is InChI=1S/C45H55ClN8O8/c1-26-23-35(54(25-26)43(56)38(51-45(58)60-3)32-16-21-62-22-17-32)41-49-36(39(46)52-41)30-12-8-28(9-13-30)27-6-10-29(11-7-27)33-24-47-40(48-33)34-5-4-18-53(34)42(55)37(50-44(57)59-2)31-14-19-61-20-15-31/h6-13,24,26,31-32,34-35,37-38H,4-5,14-23,25H2,1-3H3,(H,47,48)(H,49,52)(H,50,57)(H,51,58)/t26-,34-,35-,37-,38-/m0/s1. The maximum Gasteiger partial charge on any atom is 0.407 e. The summed E-state index contributed by atoms with van der Waals surface area (Å²) in [5.74, 6) is 1.15. The van der Waals surface area contributed by atoms with Gasteiger partial charge in [-0.3, -0.25) is 9.59 Å². The van der Waals surface area contributed by atoms with Crippen molar-refractivity contribution in [2.45, 2.75) is 76.0 Å². The number of amides is 4. The lowest BCUT2D eigenvalue weighted by Gasteiger charge is -2.34. The van der Waals surface area contributed by atoms with Crippen molar-refractivity contribution >= 4 is 35.6 Å². The van der Waals surface area contributed by atoms with Crippen LogP contribution in [0.1, 0.15) is 75.6 Å². The van der Waals surface area contributed by atoms with Gasteiger partial charge in [0.1, 0.15) is 23.7 Å². The molecular weight excluding hydrogens is 816 g/mol. The quantitative estimate of drug-likeness (QED) is 0.127. The number of hydrogen-bond acceptors (Lipinski definition) is 10. The number of methoxy groups -OCH3 is 2. The minimum Gasteiger partial charge on any atom is -0.453 e. The van der Waals surface area contributed by atoms with Gasteiger partial charge < -0.3 is 49.3 Å². The van der Waals surface area contributed by atoms with Gasteiger partial charge in [0.2, 0.25) is 11.8 Å². The van der Waals surface area contributed by atoms with Gasteiger partial charge in [-0.05, 0) is 79.4 Å². The highest BCUT2D eigenvalue weighted by Gasteiger charge is 2.43. The number of rotatable bonds is 11. The Bertz CT molecular complexity index is 2200. The molecule has 4 fully saturated rings. The van der Waals surface area contributed by atoms with Crippen molar-refractivity contribution in [3.05, 3.63) is 71.5 Å². The van der Waals surface area contributed by atoms with Crippen molar-refractivity contribution in [2.75, 3.05) is 53.7 Å². The lowest BCUT2D eigenvalue weighted by molar-refractivity contribution is -0.137. The van der Waals surface area contributed by atoms with Crippen LogP contribution in [0.5, 0.6) is 0 Å². The fourth-order valence-corrected chi connectivity index (χ4v) is 9.74. The van der Waals surface area contributed by atoms with E-state index in [0.717, 1.165) is 40.8 Å². The van der Waals surface area contributed by atoms with Crippen molar-refractivity contribution in [2.24, 2.45) is 17.8 Å². The third-order valence-corrected chi connectivity index (χ3v) is 13.1. The molecular formula is C45H55ClN8O8. The van der Waals surface area contributed by atoms with Crippen LogP contribution >= 0.6 is 11.6 Å². The molecule has 0 saturated carbocycles. The van der Waals surface area contributed by atoms with Gasteiger partial charge in [0.25, 0.3) is 0 Å². The number of likely N-dealkylation sites (tertiary alicyclic amines) is 2. The Balaban J connectivity index is 0.937. The van der Waals surface area contributed by atoms with Crippen molar-refractivity contribution in [3.8, 4) is 33.6 Å². The molecule has 4 aliphatic heterocycles. The predicted molar refractivity (Wildman–Crippen MR) is 230 cm³/mol. The molecule has 5 atom stereocenters. The molecule has 330 valence electrons. The summed E-state index contributed by atoms with van der Waals surface area (Å²) >= 11 is 6.78. The van der Waals surface area contributed by atoms with E-state index in [1.165, 1.54) is 14.2 Å². The summed E-state index contributed by atoms with van der Waals surface area (Å²) in [5, 5.41) is 5.94. The molecule has 17 heteroatoms. The van der Waals surface area contributed by atoms with E-state index in [2.05, 4.69) is 39.7 Å². The number of halogens is 1. The maximum absolute atomic E-state index is 14.2. The number of carbonyl (C=O) groups excluding carboxylic acids is 4. The summed E-state index contributed by atoms with van der Waals surface area (Å²) in [4.78, 5) is 72.8. The van der Waals surface area contributed by atoms with Crippen LogP contribution in [0.4, 0.5) is 9.59 Å². The molecule has 8 rings (SSSR count). The highest BCUT2D eigenvalue weighted by molar-refractivity contribution is 6.31. The number of hydrogen-bond donors (Lipinski definition) is 4. The number of benzene rings is 2. The average Bonchev–Trinajstić information content (AvgIpc) is 4.14. The maximum atomic E-state index is 14.2. The average molecular weight is 871 g/mol. The summed E-state index contributed by atoms with van der Waals surface area (Å²) in [6, 6.07) is 14.3. The molecule has 4 saturated heterocycles. The number of ether oxygens (including phenoxy) is 4. The largest absolute Gasteiger partial charge is 0.453 e. The molecule has 16 nitrogen and oxygen atoms in total. The summed E-state index contributed by atoms with van der Waals surface area (Å²) in [7, 11) is 2.60. The summed E-state index contributed by atoms with van der Waals surface area (Å²) in [6.07, 6.45) is 5.55. The third kappa shape index (κ3) is 9.32. The van der Waals surface area contributed by atoms with Crippen molar-refractivity contribution in [3.63, 3.8) is 0 Å². The molecule has 62 heavy (non-hydrogen) atoms. The van der Waals surface area contributed by atoms with Crippen LogP contribution in [0, 0.1) is 17.8 Å². The molecule has 0 bridgehead atoms. The van der Waals surface area contributed by atoms with E-state index in [1.807, 2.05) is 46.2 Å². The van der Waals surface area contributed by atoms with E-state index in [4.69, 9.17) is 40.5 Å². The van der Waals surface area contributed by atoms with E-state index in [-0.39, 0.29) is 41.7 Å². The topological polar surface area (TPSA) is 193 Å². The van der Waals surface area contributed by atoms with Crippen LogP contribution in [0.15, 0.2) is 54.7 Å². The van der Waals surface area contributed by atoms with Gasteiger partial charge in [0.05, 0.1) is 43.9 Å². The molecule has 6 heterocycles. The molecule has 0 aliphatic carbocycles. The fourth-order valence-electron chi connectivity index (χ4n) is 9.50. The first kappa shape index (κ1) is 43.2. The second kappa shape index (κ2) is 19.3. The monoisotopic (exact) mass is 870 g/mol. The van der Waals surface area contributed by atoms with Gasteiger partial charge in [-0.1, -0.05) is 67.1 Å². The van der Waals surface area contributed by atoms with E-state index in [0.29, 0.717) is 94.1 Å². The van der Waals surface area contributed by atoms with E-state index in [1.54, 1.807) is 6.20 Å². The third-order valence-electron chi connectivity index (χ3n) is 12.9. The molecule has 0 unspecified atom stereocenters. The highest BCUT2D eigenvalue weighted by Crippen LogP contribution is 2.39. The van der Waals surface area contributed by atoms with Crippen LogP contribution in [0.3, 0.4) is 0 Å². The molecule has 4 aromatic rings. The van der Waals surface area contributed by atoms with E-state index >= 15 is 0 Å². The summed E-state index contributed by atoms with van der Waals surface area (Å²) in [6.45, 7) is 5.40. The van der Waals surface area contributed by atoms with Gasteiger partial charge in [0, 0.05) is 45.1 Å². The normalized spacial score (nSPS) is 22.0. The first-order valence-electron chi connectivity index (χ1n) is 21.6. The molecule has 0 radical (unpaired) electrons. The van der Waals surface area contributed by atoms with Crippen molar-refractivity contribution in [1.82, 2.24) is 40.4 Å². The highest BCUT2D eigenvalue weighted by atomic mass is 35.5. The van der Waals surface area contributed by atoms with Crippen LogP contribution in [-0.4, -0.2) is 120 Å². The van der Waals surface area contributed by atoms with Crippen LogP contribution in [0.25, 0.3) is 33.6 Å². The number of alkyl carbamates (subject to hydrolysis) is 2. The van der Waals surface area contributed by atoms with Crippen LogP contribution in [0.2, 0.25) is 5.15 Å². The molecule has 2 aromatic heterocycles. The molecule has 0 spiro atoms. The summed E-state index contributed by atoms with van der Waals surface area (Å²) < 4.78 is 20.8. The number of nitrogens with zero attached hydrogens (tertiary/aromatic N) is 4. The number of H-pyrrole nitrogens is 2. The first-order chi connectivity index (χ1) is 30.1. The molecule has 4 N–H and O–H groups in total. The Hall–Kier alpha value is -5.45. The zero-order valence-corrected chi connectivity index (χ0v) is 36.1. The summed E-state index contributed by atoms with van der Waals surface area (Å²) in [5.41, 5.74) is 5.36. The smallest absolute Gasteiger partial charge is 0.407 e. The Morgan fingerprint density at radius 2 is 1.26 bits per heavy atom. The lowest BCUT2D eigenvalue weighted by Crippen LogP contribution is -2.53. The molecule has 4 aliphatic rings. The lowest BCUT2D eigenvalue weighted by atomic mass is 9.90. The van der Waals surface area contributed by atoms with Gasteiger partial charge >= 0.3 is 12.2 Å². The molecule has 2 aromatic carbocycles. The second-order valence-corrected chi connectivity index (χ2v) is 17.1. The number of aromatic amines is 2. The number of aromatic nitrogens is 4. The van der Waals surface area contributed by atoms with Gasteiger partial charge in [0.15, 0.2) is 5.15 Å². The minimum atomic E-state index is -0.734.